The third-order valence-corrected chi connectivity index (χ3v) is 3.22. The van der Waals surface area contributed by atoms with E-state index in [0.29, 0.717) is 31.1 Å². The van der Waals surface area contributed by atoms with Crippen LogP contribution in [0.15, 0.2) is 18.2 Å². The highest BCUT2D eigenvalue weighted by atomic mass is 16.5. The minimum atomic E-state index is -0.315. The lowest BCUT2D eigenvalue weighted by Crippen LogP contribution is -2.44. The van der Waals surface area contributed by atoms with Gasteiger partial charge in [0.1, 0.15) is 0 Å². The molecule has 2 rings (SSSR count). The van der Waals surface area contributed by atoms with Crippen molar-refractivity contribution in [1.82, 2.24) is 0 Å². The molecule has 1 aromatic rings. The van der Waals surface area contributed by atoms with E-state index in [-0.39, 0.29) is 12.0 Å². The van der Waals surface area contributed by atoms with Crippen molar-refractivity contribution in [2.75, 3.05) is 37.0 Å². The molecule has 1 aromatic carbocycles. The molecule has 5 heteroatoms. The number of nitrogens with two attached hydrogens (primary N) is 1. The van der Waals surface area contributed by atoms with Gasteiger partial charge in [-0.25, -0.2) is 4.79 Å². The van der Waals surface area contributed by atoms with Crippen molar-refractivity contribution < 1.29 is 14.3 Å². The molecule has 0 radical (unpaired) electrons. The van der Waals surface area contributed by atoms with Crippen molar-refractivity contribution in [2.45, 2.75) is 19.9 Å². The van der Waals surface area contributed by atoms with E-state index in [1.54, 1.807) is 25.1 Å². The third-order valence-electron chi connectivity index (χ3n) is 3.22. The predicted octanol–water partition coefficient (Wildman–Crippen LogP) is 1.67. The van der Waals surface area contributed by atoms with Crippen LogP contribution in [0.4, 0.5) is 11.4 Å². The number of ether oxygens (including phenoxy) is 2. The van der Waals surface area contributed by atoms with Crippen molar-refractivity contribution in [2.24, 2.45) is 0 Å². The number of hydrogen-bond acceptors (Lipinski definition) is 5. The molecule has 0 saturated carbocycles. The van der Waals surface area contributed by atoms with Crippen molar-refractivity contribution in [1.29, 1.82) is 0 Å². The molecule has 1 atom stereocenters. The molecule has 1 heterocycles. The summed E-state index contributed by atoms with van der Waals surface area (Å²) in [5.74, 6) is -0.315. The smallest absolute Gasteiger partial charge is 0.338 e. The standard InChI is InChI=1S/C14H20N2O3/c1-3-19-14(17)11-4-5-12(15)13(8-11)16-6-7-18-9-10(16)2/h4-5,8,10H,3,6-7,9,15H2,1-2H3. The fourth-order valence-electron chi connectivity index (χ4n) is 2.22. The second kappa shape index (κ2) is 5.93. The highest BCUT2D eigenvalue weighted by Gasteiger charge is 2.22. The van der Waals surface area contributed by atoms with Gasteiger partial charge in [-0.3, -0.25) is 0 Å². The van der Waals surface area contributed by atoms with Crippen LogP contribution in [0, 0.1) is 0 Å². The normalized spacial score (nSPS) is 19.3. The Balaban J connectivity index is 2.28. The van der Waals surface area contributed by atoms with Crippen molar-refractivity contribution in [3.8, 4) is 0 Å². The molecule has 2 N–H and O–H groups in total. The van der Waals surface area contributed by atoms with E-state index in [2.05, 4.69) is 11.8 Å². The summed E-state index contributed by atoms with van der Waals surface area (Å²) >= 11 is 0. The Morgan fingerprint density at radius 3 is 3.05 bits per heavy atom. The molecule has 1 fully saturated rings. The van der Waals surface area contributed by atoms with Crippen molar-refractivity contribution in [3.05, 3.63) is 23.8 Å². The number of morpholine rings is 1. The summed E-state index contributed by atoms with van der Waals surface area (Å²) in [5, 5.41) is 0. The summed E-state index contributed by atoms with van der Waals surface area (Å²) in [6.45, 7) is 6.36. The maximum atomic E-state index is 11.8. The first-order valence-electron chi connectivity index (χ1n) is 6.54. The summed E-state index contributed by atoms with van der Waals surface area (Å²) in [7, 11) is 0. The van der Waals surface area contributed by atoms with Crippen LogP contribution in [0.5, 0.6) is 0 Å². The van der Waals surface area contributed by atoms with Crippen LogP contribution < -0.4 is 10.6 Å². The zero-order chi connectivity index (χ0) is 13.8. The number of carbonyl (C=O) groups excluding carboxylic acids is 1. The van der Waals surface area contributed by atoms with E-state index in [1.807, 2.05) is 0 Å². The summed E-state index contributed by atoms with van der Waals surface area (Å²) in [4.78, 5) is 13.9. The van der Waals surface area contributed by atoms with E-state index in [4.69, 9.17) is 15.2 Å². The summed E-state index contributed by atoms with van der Waals surface area (Å²) < 4.78 is 10.4. The van der Waals surface area contributed by atoms with E-state index in [0.717, 1.165) is 12.2 Å². The maximum Gasteiger partial charge on any atom is 0.338 e. The van der Waals surface area contributed by atoms with Crippen LogP contribution in [-0.2, 0) is 9.47 Å². The zero-order valence-corrected chi connectivity index (χ0v) is 11.4. The lowest BCUT2D eigenvalue weighted by atomic mass is 10.1. The Bertz CT molecular complexity index is 462. The molecular formula is C14H20N2O3. The van der Waals surface area contributed by atoms with Gasteiger partial charge in [-0.1, -0.05) is 0 Å². The minimum Gasteiger partial charge on any atom is -0.462 e. The van der Waals surface area contributed by atoms with E-state index < -0.39 is 0 Å². The Morgan fingerprint density at radius 1 is 1.58 bits per heavy atom. The van der Waals surface area contributed by atoms with Crippen molar-refractivity contribution in [3.63, 3.8) is 0 Å². The molecular weight excluding hydrogens is 244 g/mol. The number of nitrogen functional groups attached to an aromatic ring is 1. The molecule has 5 nitrogen and oxygen atoms in total. The monoisotopic (exact) mass is 264 g/mol. The fourth-order valence-corrected chi connectivity index (χ4v) is 2.22. The number of rotatable bonds is 3. The fraction of sp³-hybridized carbons (Fsp3) is 0.500. The van der Waals surface area contributed by atoms with E-state index >= 15 is 0 Å². The average Bonchev–Trinajstić information content (AvgIpc) is 2.40. The number of carbonyl (C=O) groups is 1. The van der Waals surface area contributed by atoms with Crippen LogP contribution in [0.25, 0.3) is 0 Å². The molecule has 1 aliphatic rings. The Kier molecular flexibility index (Phi) is 4.27. The third kappa shape index (κ3) is 2.98. The average molecular weight is 264 g/mol. The highest BCUT2D eigenvalue weighted by Crippen LogP contribution is 2.28. The van der Waals surface area contributed by atoms with Gasteiger partial charge >= 0.3 is 5.97 Å². The van der Waals surface area contributed by atoms with Crippen LogP contribution in [0.2, 0.25) is 0 Å². The number of anilines is 2. The van der Waals surface area contributed by atoms with Gasteiger partial charge in [0, 0.05) is 12.6 Å². The second-order valence-corrected chi connectivity index (χ2v) is 4.61. The van der Waals surface area contributed by atoms with Crippen LogP contribution >= 0.6 is 0 Å². The highest BCUT2D eigenvalue weighted by molar-refractivity contribution is 5.92. The van der Waals surface area contributed by atoms with Crippen LogP contribution in [-0.4, -0.2) is 38.4 Å². The van der Waals surface area contributed by atoms with Gasteiger partial charge in [-0.05, 0) is 32.0 Å². The number of nitrogens with zero attached hydrogens (tertiary/aromatic N) is 1. The van der Waals surface area contributed by atoms with Gasteiger partial charge in [0.05, 0.1) is 36.8 Å². The quantitative estimate of drug-likeness (QED) is 0.664. The number of esters is 1. The molecule has 0 amide bonds. The lowest BCUT2D eigenvalue weighted by molar-refractivity contribution is 0.0526. The van der Waals surface area contributed by atoms with Gasteiger partial charge in [-0.15, -0.1) is 0 Å². The first-order chi connectivity index (χ1) is 9.13. The summed E-state index contributed by atoms with van der Waals surface area (Å²) in [5.41, 5.74) is 8.10. The molecule has 0 aliphatic carbocycles. The van der Waals surface area contributed by atoms with Gasteiger partial charge in [0.15, 0.2) is 0 Å². The van der Waals surface area contributed by atoms with Gasteiger partial charge < -0.3 is 20.1 Å². The summed E-state index contributed by atoms with van der Waals surface area (Å²) in [6.07, 6.45) is 0. The molecule has 1 unspecified atom stereocenters. The molecule has 0 bridgehead atoms. The van der Waals surface area contributed by atoms with Gasteiger partial charge in [0.2, 0.25) is 0 Å². The summed E-state index contributed by atoms with van der Waals surface area (Å²) in [6, 6.07) is 5.49. The second-order valence-electron chi connectivity index (χ2n) is 4.61. The molecule has 19 heavy (non-hydrogen) atoms. The molecule has 104 valence electrons. The minimum absolute atomic E-state index is 0.244. The first kappa shape index (κ1) is 13.7. The van der Waals surface area contributed by atoms with Crippen LogP contribution in [0.1, 0.15) is 24.2 Å². The Morgan fingerprint density at radius 2 is 2.37 bits per heavy atom. The molecule has 1 aliphatic heterocycles. The van der Waals surface area contributed by atoms with E-state index in [9.17, 15) is 4.79 Å². The molecule has 0 spiro atoms. The number of benzene rings is 1. The Hall–Kier alpha value is -1.75. The van der Waals surface area contributed by atoms with E-state index in [1.165, 1.54) is 0 Å². The zero-order valence-electron chi connectivity index (χ0n) is 11.4. The van der Waals surface area contributed by atoms with Crippen molar-refractivity contribution >= 4 is 17.3 Å². The number of hydrogen-bond donors (Lipinski definition) is 1. The Labute approximate surface area is 113 Å². The molecule has 0 aromatic heterocycles. The predicted molar refractivity (Wildman–Crippen MR) is 74.4 cm³/mol. The maximum absolute atomic E-state index is 11.8. The topological polar surface area (TPSA) is 64.8 Å². The van der Waals surface area contributed by atoms with Gasteiger partial charge in [0.25, 0.3) is 0 Å². The SMILES string of the molecule is CCOC(=O)c1ccc(N)c(N2CCOCC2C)c1. The largest absolute Gasteiger partial charge is 0.462 e. The van der Waals surface area contributed by atoms with Crippen LogP contribution in [0.3, 0.4) is 0 Å². The first-order valence-corrected chi connectivity index (χ1v) is 6.54. The van der Waals surface area contributed by atoms with Gasteiger partial charge in [-0.2, -0.15) is 0 Å². The molecule has 1 saturated heterocycles. The lowest BCUT2D eigenvalue weighted by Gasteiger charge is -2.36.